The van der Waals surface area contributed by atoms with E-state index in [2.05, 4.69) is 21.8 Å². The Morgan fingerprint density at radius 1 is 1.13 bits per heavy atom. The second kappa shape index (κ2) is 9.06. The molecular formula is C24H24FN5O. The van der Waals surface area contributed by atoms with Gasteiger partial charge in [0.2, 0.25) is 0 Å². The van der Waals surface area contributed by atoms with Crippen LogP contribution in [0, 0.1) is 5.82 Å². The maximum atomic E-state index is 14.9. The summed E-state index contributed by atoms with van der Waals surface area (Å²) in [6.45, 7) is 2.65. The Labute approximate surface area is 181 Å². The summed E-state index contributed by atoms with van der Waals surface area (Å²) in [6.07, 6.45) is 5.24. The Balaban J connectivity index is 1.72. The van der Waals surface area contributed by atoms with Crippen molar-refractivity contribution >= 4 is 0 Å². The molecule has 0 radical (unpaired) electrons. The lowest BCUT2D eigenvalue weighted by Gasteiger charge is -2.24. The van der Waals surface area contributed by atoms with E-state index in [1.165, 1.54) is 13.2 Å². The molecule has 1 atom stereocenters. The van der Waals surface area contributed by atoms with E-state index in [0.29, 0.717) is 23.6 Å². The van der Waals surface area contributed by atoms with Gasteiger partial charge >= 0.3 is 0 Å². The van der Waals surface area contributed by atoms with Crippen LogP contribution in [0.25, 0.3) is 16.9 Å². The normalized spacial score (nSPS) is 12.2. The van der Waals surface area contributed by atoms with Gasteiger partial charge in [-0.2, -0.15) is 5.10 Å². The lowest BCUT2D eigenvalue weighted by atomic mass is 10.1. The summed E-state index contributed by atoms with van der Waals surface area (Å²) < 4.78 is 21.9. The number of ether oxygens (including phenoxy) is 1. The first-order valence-electron chi connectivity index (χ1n) is 10.0. The van der Waals surface area contributed by atoms with Gasteiger partial charge in [-0.15, -0.1) is 0 Å². The predicted octanol–water partition coefficient (Wildman–Crippen LogP) is 4.67. The van der Waals surface area contributed by atoms with E-state index < -0.39 is 0 Å². The van der Waals surface area contributed by atoms with Gasteiger partial charge in [-0.05, 0) is 44.3 Å². The second-order valence-electron chi connectivity index (χ2n) is 7.35. The van der Waals surface area contributed by atoms with Crippen LogP contribution in [-0.2, 0) is 6.54 Å². The van der Waals surface area contributed by atoms with Gasteiger partial charge in [-0.1, -0.05) is 18.2 Å². The van der Waals surface area contributed by atoms with Crippen molar-refractivity contribution in [3.8, 4) is 22.7 Å². The largest absolute Gasteiger partial charge is 0.497 e. The van der Waals surface area contributed by atoms with Crippen molar-refractivity contribution in [2.75, 3.05) is 14.2 Å². The molecule has 0 aliphatic heterocycles. The molecule has 0 spiro atoms. The SMILES string of the molecule is COc1ccc(-c2nn(-c3ccccc3)cc2CN(C)[C@@H](C)c2ccncn2)c(F)c1. The molecule has 7 heteroatoms. The lowest BCUT2D eigenvalue weighted by molar-refractivity contribution is 0.248. The maximum absolute atomic E-state index is 14.9. The van der Waals surface area contributed by atoms with Crippen LogP contribution >= 0.6 is 0 Å². The number of rotatable bonds is 7. The number of nitrogens with zero attached hydrogens (tertiary/aromatic N) is 5. The molecular weight excluding hydrogens is 393 g/mol. The van der Waals surface area contributed by atoms with Crippen molar-refractivity contribution in [2.24, 2.45) is 0 Å². The molecule has 0 saturated carbocycles. The van der Waals surface area contributed by atoms with Crippen molar-refractivity contribution in [3.05, 3.63) is 90.4 Å². The third-order valence-corrected chi connectivity index (χ3v) is 5.36. The van der Waals surface area contributed by atoms with Crippen LogP contribution in [0.3, 0.4) is 0 Å². The van der Waals surface area contributed by atoms with Gasteiger partial charge in [0, 0.05) is 42.2 Å². The van der Waals surface area contributed by atoms with Gasteiger partial charge < -0.3 is 4.74 Å². The number of aromatic nitrogens is 4. The predicted molar refractivity (Wildman–Crippen MR) is 117 cm³/mol. The Hall–Kier alpha value is -3.58. The Kier molecular flexibility index (Phi) is 6.04. The molecule has 2 aromatic heterocycles. The molecule has 0 aliphatic carbocycles. The van der Waals surface area contributed by atoms with E-state index in [0.717, 1.165) is 16.9 Å². The van der Waals surface area contributed by atoms with E-state index in [-0.39, 0.29) is 11.9 Å². The molecule has 0 bridgehead atoms. The molecule has 158 valence electrons. The van der Waals surface area contributed by atoms with E-state index >= 15 is 0 Å². The summed E-state index contributed by atoms with van der Waals surface area (Å²) in [5.41, 5.74) is 3.79. The maximum Gasteiger partial charge on any atom is 0.136 e. The molecule has 2 heterocycles. The molecule has 4 rings (SSSR count). The molecule has 0 unspecified atom stereocenters. The van der Waals surface area contributed by atoms with Gasteiger partial charge in [-0.3, -0.25) is 4.90 Å². The summed E-state index contributed by atoms with van der Waals surface area (Å²) in [5.74, 6) is 0.102. The minimum absolute atomic E-state index is 0.0524. The van der Waals surface area contributed by atoms with Crippen molar-refractivity contribution in [1.82, 2.24) is 24.6 Å². The number of para-hydroxylation sites is 1. The smallest absolute Gasteiger partial charge is 0.136 e. The highest BCUT2D eigenvalue weighted by Crippen LogP contribution is 2.30. The fourth-order valence-corrected chi connectivity index (χ4v) is 3.46. The number of hydrogen-bond acceptors (Lipinski definition) is 5. The van der Waals surface area contributed by atoms with Crippen LogP contribution in [0.2, 0.25) is 0 Å². The Morgan fingerprint density at radius 2 is 1.94 bits per heavy atom. The van der Waals surface area contributed by atoms with Gasteiger partial charge in [0.1, 0.15) is 23.6 Å². The van der Waals surface area contributed by atoms with Crippen molar-refractivity contribution in [2.45, 2.75) is 19.5 Å². The van der Waals surface area contributed by atoms with E-state index in [4.69, 9.17) is 9.84 Å². The number of halogens is 1. The fourth-order valence-electron chi connectivity index (χ4n) is 3.46. The number of hydrogen-bond donors (Lipinski definition) is 0. The summed E-state index contributed by atoms with van der Waals surface area (Å²) in [7, 11) is 3.54. The second-order valence-corrected chi connectivity index (χ2v) is 7.35. The van der Waals surface area contributed by atoms with Crippen LogP contribution in [-0.4, -0.2) is 38.8 Å². The highest BCUT2D eigenvalue weighted by atomic mass is 19.1. The fraction of sp³-hybridized carbons (Fsp3) is 0.208. The molecule has 0 saturated heterocycles. The van der Waals surface area contributed by atoms with Crippen LogP contribution in [0.1, 0.15) is 24.2 Å². The van der Waals surface area contributed by atoms with Crippen LogP contribution in [0.15, 0.2) is 73.3 Å². The van der Waals surface area contributed by atoms with E-state index in [1.54, 1.807) is 29.3 Å². The van der Waals surface area contributed by atoms with Gasteiger partial charge in [0.15, 0.2) is 0 Å². The zero-order valence-electron chi connectivity index (χ0n) is 17.7. The first kappa shape index (κ1) is 20.7. The minimum atomic E-state index is -0.370. The average molecular weight is 417 g/mol. The summed E-state index contributed by atoms with van der Waals surface area (Å²) in [6, 6.07) is 16.6. The standard InChI is InChI=1S/C24H24FN5O/c1-17(23-11-12-26-16-27-23)29(2)14-18-15-30(19-7-5-4-6-8-19)28-24(18)21-10-9-20(31-3)13-22(21)25/h4-13,15-17H,14H2,1-3H3/t17-/m0/s1. The molecule has 0 fully saturated rings. The van der Waals surface area contributed by atoms with Crippen molar-refractivity contribution < 1.29 is 9.13 Å². The molecule has 0 amide bonds. The zero-order valence-corrected chi connectivity index (χ0v) is 17.7. The van der Waals surface area contributed by atoms with Gasteiger partial charge in [0.25, 0.3) is 0 Å². The molecule has 0 aliphatic rings. The molecule has 4 aromatic rings. The third-order valence-electron chi connectivity index (χ3n) is 5.36. The molecule has 6 nitrogen and oxygen atoms in total. The lowest BCUT2D eigenvalue weighted by Crippen LogP contribution is -2.22. The molecule has 0 N–H and O–H groups in total. The first-order chi connectivity index (χ1) is 15.1. The zero-order chi connectivity index (χ0) is 21.8. The average Bonchev–Trinajstić information content (AvgIpc) is 3.23. The van der Waals surface area contributed by atoms with Crippen LogP contribution < -0.4 is 4.74 Å². The highest BCUT2D eigenvalue weighted by molar-refractivity contribution is 5.65. The molecule has 2 aromatic carbocycles. The van der Waals surface area contributed by atoms with E-state index in [9.17, 15) is 4.39 Å². The van der Waals surface area contributed by atoms with E-state index in [1.807, 2.05) is 49.6 Å². The summed E-state index contributed by atoms with van der Waals surface area (Å²) in [4.78, 5) is 10.5. The Bertz CT molecular complexity index is 1150. The Morgan fingerprint density at radius 3 is 2.61 bits per heavy atom. The number of methoxy groups -OCH3 is 1. The quantitative estimate of drug-likeness (QED) is 0.437. The first-order valence-corrected chi connectivity index (χ1v) is 10.0. The third kappa shape index (κ3) is 4.46. The molecule has 31 heavy (non-hydrogen) atoms. The minimum Gasteiger partial charge on any atom is -0.497 e. The van der Waals surface area contributed by atoms with Gasteiger partial charge in [0.05, 0.1) is 18.5 Å². The monoisotopic (exact) mass is 417 g/mol. The van der Waals surface area contributed by atoms with Crippen molar-refractivity contribution in [3.63, 3.8) is 0 Å². The van der Waals surface area contributed by atoms with Gasteiger partial charge in [-0.25, -0.2) is 19.0 Å². The van der Waals surface area contributed by atoms with Crippen LogP contribution in [0.5, 0.6) is 5.75 Å². The summed E-state index contributed by atoms with van der Waals surface area (Å²) >= 11 is 0. The van der Waals surface area contributed by atoms with Crippen LogP contribution in [0.4, 0.5) is 4.39 Å². The summed E-state index contributed by atoms with van der Waals surface area (Å²) in [5, 5.41) is 4.74. The topological polar surface area (TPSA) is 56.1 Å². The van der Waals surface area contributed by atoms with Crippen molar-refractivity contribution in [1.29, 1.82) is 0 Å². The number of benzene rings is 2. The highest BCUT2D eigenvalue weighted by Gasteiger charge is 2.20.